The molecule has 0 aliphatic rings. The summed E-state index contributed by atoms with van der Waals surface area (Å²) < 4.78 is 0. The molecule has 3 atom stereocenters. The van der Waals surface area contributed by atoms with Gasteiger partial charge in [-0.1, -0.05) is 0 Å². The Morgan fingerprint density at radius 2 is 1.77 bits per heavy atom. The summed E-state index contributed by atoms with van der Waals surface area (Å²) in [5, 5.41) is 28.0. The molecule has 0 aromatic heterocycles. The standard InChI is InChI=1S/C11H23N3O6.CH5N/c12-5-4-7(16)11(8(17)6-15)20-14-10(19)3-1-2-9(13)18;1-2/h7-8,11,15-17H,1-6,12H2,(H2,13,18)(H,14,19);2H2,1H3/t7-,8-,11+;/m1./s1. The molecule has 0 rings (SSSR count). The topological polar surface area (TPSA) is 194 Å². The van der Waals surface area contributed by atoms with Crippen LogP contribution >= 0.6 is 0 Å². The molecule has 0 spiro atoms. The fraction of sp³-hybridized carbons (Fsp3) is 0.833. The minimum absolute atomic E-state index is 0.0118. The second kappa shape index (κ2) is 14.6. The Bertz CT molecular complexity index is 305. The summed E-state index contributed by atoms with van der Waals surface area (Å²) in [6.45, 7) is -0.477. The summed E-state index contributed by atoms with van der Waals surface area (Å²) in [6.07, 6.45) is -3.19. The molecule has 132 valence electrons. The average molecular weight is 324 g/mol. The van der Waals surface area contributed by atoms with E-state index in [0.717, 1.165) is 0 Å². The van der Waals surface area contributed by atoms with Crippen LogP contribution in [0.1, 0.15) is 25.7 Å². The maximum absolute atomic E-state index is 11.4. The van der Waals surface area contributed by atoms with Crippen LogP contribution in [0.3, 0.4) is 0 Å². The first-order valence-corrected chi connectivity index (χ1v) is 6.90. The fourth-order valence-electron chi connectivity index (χ4n) is 1.46. The number of aliphatic hydroxyl groups excluding tert-OH is 3. The van der Waals surface area contributed by atoms with Crippen molar-refractivity contribution in [3.63, 3.8) is 0 Å². The van der Waals surface area contributed by atoms with Gasteiger partial charge >= 0.3 is 0 Å². The summed E-state index contributed by atoms with van der Waals surface area (Å²) in [5.74, 6) is -1.04. The quantitative estimate of drug-likeness (QED) is 0.192. The van der Waals surface area contributed by atoms with Crippen molar-refractivity contribution in [2.45, 2.75) is 44.0 Å². The van der Waals surface area contributed by atoms with Crippen LogP contribution in [0.2, 0.25) is 0 Å². The molecule has 10 N–H and O–H groups in total. The predicted molar refractivity (Wildman–Crippen MR) is 78.9 cm³/mol. The van der Waals surface area contributed by atoms with Gasteiger partial charge in [0, 0.05) is 12.8 Å². The molecule has 0 unspecified atom stereocenters. The highest BCUT2D eigenvalue weighted by Gasteiger charge is 2.28. The van der Waals surface area contributed by atoms with Gasteiger partial charge in [0.25, 0.3) is 0 Å². The molecule has 0 saturated heterocycles. The van der Waals surface area contributed by atoms with E-state index in [1.54, 1.807) is 0 Å². The predicted octanol–water partition coefficient (Wildman–Crippen LogP) is -3.30. The minimum atomic E-state index is -1.36. The smallest absolute Gasteiger partial charge is 0.243 e. The van der Waals surface area contributed by atoms with Crippen molar-refractivity contribution in [1.29, 1.82) is 0 Å². The zero-order chi connectivity index (χ0) is 17.5. The highest BCUT2D eigenvalue weighted by atomic mass is 16.7. The number of carbonyl (C=O) groups excluding carboxylic acids is 2. The second-order valence-corrected chi connectivity index (χ2v) is 4.32. The number of carbonyl (C=O) groups is 2. The number of nitrogens with one attached hydrogen (secondary N) is 1. The number of rotatable bonds is 11. The van der Waals surface area contributed by atoms with E-state index in [-0.39, 0.29) is 32.2 Å². The highest BCUT2D eigenvalue weighted by molar-refractivity contribution is 5.77. The Morgan fingerprint density at radius 1 is 1.18 bits per heavy atom. The normalized spacial score (nSPS) is 14.3. The SMILES string of the molecule is CN.NCC[C@@H](O)[C@H](ONC(=O)CCCC(N)=O)[C@H](O)CO. The monoisotopic (exact) mass is 324 g/mol. The van der Waals surface area contributed by atoms with Crippen LogP contribution in [0.4, 0.5) is 0 Å². The Labute approximate surface area is 129 Å². The maximum Gasteiger partial charge on any atom is 0.243 e. The van der Waals surface area contributed by atoms with Crippen LogP contribution in [0.25, 0.3) is 0 Å². The first kappa shape index (κ1) is 23.0. The number of amides is 2. The molecule has 0 heterocycles. The largest absolute Gasteiger partial charge is 0.394 e. The van der Waals surface area contributed by atoms with Crippen molar-refractivity contribution in [1.82, 2.24) is 5.48 Å². The number of hydrogen-bond acceptors (Lipinski definition) is 8. The molecule has 0 aromatic carbocycles. The van der Waals surface area contributed by atoms with E-state index >= 15 is 0 Å². The van der Waals surface area contributed by atoms with Crippen LogP contribution in [-0.4, -0.2) is 65.6 Å². The van der Waals surface area contributed by atoms with Gasteiger partial charge in [0.15, 0.2) is 0 Å². The Balaban J connectivity index is 0. The van der Waals surface area contributed by atoms with Gasteiger partial charge in [0.05, 0.1) is 12.7 Å². The van der Waals surface area contributed by atoms with E-state index in [4.69, 9.17) is 21.4 Å². The molecule has 0 fully saturated rings. The number of aliphatic hydroxyl groups is 3. The second-order valence-electron chi connectivity index (χ2n) is 4.32. The molecule has 0 radical (unpaired) electrons. The number of hydroxylamine groups is 1. The number of nitrogens with two attached hydrogens (primary N) is 3. The van der Waals surface area contributed by atoms with Crippen molar-refractivity contribution in [2.75, 3.05) is 20.2 Å². The molecule has 0 aromatic rings. The summed E-state index contributed by atoms with van der Waals surface area (Å²) in [5.41, 5.74) is 16.7. The molecule has 0 saturated carbocycles. The Hall–Kier alpha value is -1.30. The number of primary amides is 1. The zero-order valence-corrected chi connectivity index (χ0v) is 12.8. The molecule has 2 amide bonds. The van der Waals surface area contributed by atoms with Gasteiger partial charge in [-0.25, -0.2) is 5.48 Å². The lowest BCUT2D eigenvalue weighted by atomic mass is 10.1. The third kappa shape index (κ3) is 11.4. The van der Waals surface area contributed by atoms with E-state index < -0.39 is 36.7 Å². The first-order chi connectivity index (χ1) is 10.4. The third-order valence-corrected chi connectivity index (χ3v) is 2.54. The van der Waals surface area contributed by atoms with Crippen LogP contribution in [-0.2, 0) is 14.4 Å². The Kier molecular flexibility index (Phi) is 15.3. The van der Waals surface area contributed by atoms with Gasteiger partial charge < -0.3 is 32.5 Å². The summed E-state index contributed by atoms with van der Waals surface area (Å²) >= 11 is 0. The molecule has 10 nitrogen and oxygen atoms in total. The van der Waals surface area contributed by atoms with Gasteiger partial charge in [-0.05, 0) is 26.4 Å². The van der Waals surface area contributed by atoms with E-state index in [0.29, 0.717) is 0 Å². The fourth-order valence-corrected chi connectivity index (χ4v) is 1.46. The third-order valence-electron chi connectivity index (χ3n) is 2.54. The zero-order valence-electron chi connectivity index (χ0n) is 12.8. The lowest BCUT2D eigenvalue weighted by Crippen LogP contribution is -2.46. The highest BCUT2D eigenvalue weighted by Crippen LogP contribution is 2.07. The summed E-state index contributed by atoms with van der Waals surface area (Å²) in [6, 6.07) is 0. The van der Waals surface area contributed by atoms with E-state index in [1.807, 2.05) is 5.48 Å². The van der Waals surface area contributed by atoms with E-state index in [9.17, 15) is 19.8 Å². The van der Waals surface area contributed by atoms with Crippen LogP contribution in [0, 0.1) is 0 Å². The molecule has 0 bridgehead atoms. The molecule has 0 aliphatic carbocycles. The van der Waals surface area contributed by atoms with Crippen molar-refractivity contribution in [2.24, 2.45) is 17.2 Å². The lowest BCUT2D eigenvalue weighted by Gasteiger charge is -2.25. The lowest BCUT2D eigenvalue weighted by molar-refractivity contribution is -0.165. The minimum Gasteiger partial charge on any atom is -0.394 e. The van der Waals surface area contributed by atoms with Crippen molar-refractivity contribution < 1.29 is 29.7 Å². The maximum atomic E-state index is 11.4. The molecule has 22 heavy (non-hydrogen) atoms. The van der Waals surface area contributed by atoms with Crippen LogP contribution < -0.4 is 22.7 Å². The molecular weight excluding hydrogens is 296 g/mol. The summed E-state index contributed by atoms with van der Waals surface area (Å²) in [7, 11) is 1.50. The molecule has 0 aliphatic heterocycles. The van der Waals surface area contributed by atoms with Crippen LogP contribution in [0.5, 0.6) is 0 Å². The van der Waals surface area contributed by atoms with Crippen molar-refractivity contribution in [3.05, 3.63) is 0 Å². The van der Waals surface area contributed by atoms with Gasteiger partial charge in [-0.15, -0.1) is 0 Å². The molecular formula is C12H28N4O6. The van der Waals surface area contributed by atoms with Gasteiger partial charge in [-0.2, -0.15) is 0 Å². The molecule has 10 heteroatoms. The Morgan fingerprint density at radius 3 is 2.23 bits per heavy atom. The van der Waals surface area contributed by atoms with E-state index in [1.165, 1.54) is 7.05 Å². The number of hydrogen-bond donors (Lipinski definition) is 7. The average Bonchev–Trinajstić information content (AvgIpc) is 2.49. The first-order valence-electron chi connectivity index (χ1n) is 6.90. The van der Waals surface area contributed by atoms with Crippen molar-refractivity contribution >= 4 is 11.8 Å². The van der Waals surface area contributed by atoms with Gasteiger partial charge in [0.2, 0.25) is 11.8 Å². The van der Waals surface area contributed by atoms with Gasteiger partial charge in [-0.3, -0.25) is 14.4 Å². The summed E-state index contributed by atoms with van der Waals surface area (Å²) in [4.78, 5) is 26.8. The van der Waals surface area contributed by atoms with Crippen LogP contribution in [0.15, 0.2) is 0 Å². The van der Waals surface area contributed by atoms with Crippen molar-refractivity contribution in [3.8, 4) is 0 Å². The van der Waals surface area contributed by atoms with Gasteiger partial charge in [0.1, 0.15) is 12.2 Å². The van der Waals surface area contributed by atoms with E-state index in [2.05, 4.69) is 5.73 Å².